The lowest BCUT2D eigenvalue weighted by Crippen LogP contribution is -2.45. The van der Waals surface area contributed by atoms with Crippen LogP contribution in [0.5, 0.6) is 0 Å². The molecule has 0 amide bonds. The number of aliphatic hydroxyl groups excluding tert-OH is 1. The molecule has 1 saturated heterocycles. The molecular weight excluding hydrogens is 210 g/mol. The highest BCUT2D eigenvalue weighted by Gasteiger charge is 2.28. The van der Waals surface area contributed by atoms with Gasteiger partial charge < -0.3 is 10.0 Å². The van der Waals surface area contributed by atoms with Gasteiger partial charge in [-0.25, -0.2) is 0 Å². The summed E-state index contributed by atoms with van der Waals surface area (Å²) in [7, 11) is 0. The maximum Gasteiger partial charge on any atom is 0.0681 e. The summed E-state index contributed by atoms with van der Waals surface area (Å²) in [5.41, 5.74) is 2.27. The summed E-state index contributed by atoms with van der Waals surface area (Å²) in [4.78, 5) is 2.50. The minimum absolute atomic E-state index is 0.128. The zero-order valence-corrected chi connectivity index (χ0v) is 11.1. The van der Waals surface area contributed by atoms with Gasteiger partial charge in [0.15, 0.2) is 0 Å². The van der Waals surface area contributed by atoms with E-state index in [2.05, 4.69) is 37.8 Å². The van der Waals surface area contributed by atoms with Crippen molar-refractivity contribution >= 4 is 5.69 Å². The second-order valence-electron chi connectivity index (χ2n) is 5.54. The van der Waals surface area contributed by atoms with Gasteiger partial charge >= 0.3 is 0 Å². The molecular formula is C15H23NO. The van der Waals surface area contributed by atoms with Crippen LogP contribution < -0.4 is 4.90 Å². The number of hydrogen-bond donors (Lipinski definition) is 1. The molecule has 3 unspecified atom stereocenters. The highest BCUT2D eigenvalue weighted by atomic mass is 16.3. The highest BCUT2D eigenvalue weighted by Crippen LogP contribution is 2.31. The molecule has 0 saturated carbocycles. The number of anilines is 1. The molecule has 0 bridgehead atoms. The maximum atomic E-state index is 9.06. The van der Waals surface area contributed by atoms with Crippen molar-refractivity contribution in [2.24, 2.45) is 11.8 Å². The molecule has 1 aliphatic rings. The topological polar surface area (TPSA) is 23.5 Å². The van der Waals surface area contributed by atoms with Gasteiger partial charge in [-0.3, -0.25) is 0 Å². The normalized spacial score (nSPS) is 29.4. The molecule has 1 fully saturated rings. The Balaban J connectivity index is 2.19. The lowest BCUT2D eigenvalue weighted by Gasteiger charge is -2.42. The Bertz CT molecular complexity index is 360. The molecule has 0 spiro atoms. The molecule has 2 rings (SSSR count). The number of aliphatic hydroxyl groups is 1. The summed E-state index contributed by atoms with van der Waals surface area (Å²) in [6.07, 6.45) is 1.33. The minimum Gasteiger partial charge on any atom is -0.392 e. The Kier molecular flexibility index (Phi) is 3.72. The van der Waals surface area contributed by atoms with E-state index in [0.717, 1.165) is 23.9 Å². The first kappa shape index (κ1) is 12.4. The van der Waals surface area contributed by atoms with Crippen LogP contribution in [0, 0.1) is 11.8 Å². The Morgan fingerprint density at radius 2 is 1.82 bits per heavy atom. The molecule has 1 N–H and O–H groups in total. The van der Waals surface area contributed by atoms with Gasteiger partial charge in [-0.05, 0) is 42.9 Å². The Morgan fingerprint density at radius 1 is 1.18 bits per heavy atom. The van der Waals surface area contributed by atoms with Crippen molar-refractivity contribution in [1.29, 1.82) is 0 Å². The van der Waals surface area contributed by atoms with Gasteiger partial charge in [0.25, 0.3) is 0 Å². The van der Waals surface area contributed by atoms with Crippen molar-refractivity contribution in [3.05, 3.63) is 29.8 Å². The second-order valence-corrected chi connectivity index (χ2v) is 5.54. The van der Waals surface area contributed by atoms with Gasteiger partial charge in [-0.1, -0.05) is 26.0 Å². The van der Waals surface area contributed by atoms with Crippen molar-refractivity contribution in [3.8, 4) is 0 Å². The summed E-state index contributed by atoms with van der Waals surface area (Å²) in [5, 5.41) is 9.06. The first-order valence-corrected chi connectivity index (χ1v) is 6.58. The summed E-state index contributed by atoms with van der Waals surface area (Å²) in [5.74, 6) is 1.51. The first-order valence-electron chi connectivity index (χ1n) is 6.58. The van der Waals surface area contributed by atoms with E-state index in [4.69, 9.17) is 5.11 Å². The van der Waals surface area contributed by atoms with Gasteiger partial charge in [0.2, 0.25) is 0 Å². The molecule has 0 aliphatic carbocycles. The van der Waals surface area contributed by atoms with Crippen molar-refractivity contribution in [1.82, 2.24) is 0 Å². The van der Waals surface area contributed by atoms with E-state index in [1.54, 1.807) is 0 Å². The lowest BCUT2D eigenvalue weighted by atomic mass is 9.85. The number of rotatable bonds is 2. The van der Waals surface area contributed by atoms with Crippen LogP contribution in [0.2, 0.25) is 0 Å². The Hall–Kier alpha value is -1.02. The van der Waals surface area contributed by atoms with Gasteiger partial charge in [0, 0.05) is 18.3 Å². The molecule has 2 heteroatoms. The highest BCUT2D eigenvalue weighted by molar-refractivity contribution is 5.49. The predicted molar refractivity (Wildman–Crippen MR) is 72.1 cm³/mol. The van der Waals surface area contributed by atoms with Crippen molar-refractivity contribution in [2.45, 2.75) is 39.8 Å². The molecule has 17 heavy (non-hydrogen) atoms. The molecule has 1 aliphatic heterocycles. The SMILES string of the molecule is CC1CC(C)C(C)N(c2ccc(CO)cc2)C1. The quantitative estimate of drug-likeness (QED) is 0.848. The average molecular weight is 233 g/mol. The van der Waals surface area contributed by atoms with E-state index in [-0.39, 0.29) is 6.61 Å². The van der Waals surface area contributed by atoms with Crippen LogP contribution in [0.1, 0.15) is 32.8 Å². The Labute approximate surface area is 104 Å². The fraction of sp³-hybridized carbons (Fsp3) is 0.600. The van der Waals surface area contributed by atoms with Crippen LogP contribution in [0.25, 0.3) is 0 Å². The molecule has 1 heterocycles. The van der Waals surface area contributed by atoms with Crippen molar-refractivity contribution in [2.75, 3.05) is 11.4 Å². The van der Waals surface area contributed by atoms with Gasteiger partial charge in [0.05, 0.1) is 6.61 Å². The van der Waals surface area contributed by atoms with E-state index in [0.29, 0.717) is 6.04 Å². The van der Waals surface area contributed by atoms with Gasteiger partial charge in [0.1, 0.15) is 0 Å². The van der Waals surface area contributed by atoms with E-state index >= 15 is 0 Å². The number of benzene rings is 1. The summed E-state index contributed by atoms with van der Waals surface area (Å²) in [6, 6.07) is 8.91. The molecule has 94 valence electrons. The molecule has 1 aromatic carbocycles. The Morgan fingerprint density at radius 3 is 2.41 bits per heavy atom. The van der Waals surface area contributed by atoms with Crippen LogP contribution in [0.3, 0.4) is 0 Å². The third-order valence-corrected chi connectivity index (χ3v) is 4.05. The largest absolute Gasteiger partial charge is 0.392 e. The molecule has 2 nitrogen and oxygen atoms in total. The van der Waals surface area contributed by atoms with E-state index in [1.165, 1.54) is 12.1 Å². The molecule has 0 aromatic heterocycles. The summed E-state index contributed by atoms with van der Waals surface area (Å²) >= 11 is 0. The fourth-order valence-corrected chi connectivity index (χ4v) is 2.85. The maximum absolute atomic E-state index is 9.06. The second kappa shape index (κ2) is 5.09. The molecule has 3 atom stereocenters. The van der Waals surface area contributed by atoms with Crippen LogP contribution in [0.4, 0.5) is 5.69 Å². The minimum atomic E-state index is 0.128. The van der Waals surface area contributed by atoms with Gasteiger partial charge in [-0.2, -0.15) is 0 Å². The summed E-state index contributed by atoms with van der Waals surface area (Å²) < 4.78 is 0. The van der Waals surface area contributed by atoms with Crippen LogP contribution in [-0.4, -0.2) is 17.7 Å². The van der Waals surface area contributed by atoms with Crippen molar-refractivity contribution in [3.63, 3.8) is 0 Å². The van der Waals surface area contributed by atoms with Crippen molar-refractivity contribution < 1.29 is 5.11 Å². The van der Waals surface area contributed by atoms with Crippen LogP contribution in [0.15, 0.2) is 24.3 Å². The fourth-order valence-electron chi connectivity index (χ4n) is 2.85. The smallest absolute Gasteiger partial charge is 0.0681 e. The molecule has 0 radical (unpaired) electrons. The van der Waals surface area contributed by atoms with Crippen LogP contribution >= 0.6 is 0 Å². The zero-order chi connectivity index (χ0) is 12.4. The van der Waals surface area contributed by atoms with Gasteiger partial charge in [-0.15, -0.1) is 0 Å². The number of nitrogens with zero attached hydrogens (tertiary/aromatic N) is 1. The zero-order valence-electron chi connectivity index (χ0n) is 11.1. The average Bonchev–Trinajstić information content (AvgIpc) is 2.34. The van der Waals surface area contributed by atoms with E-state index < -0.39 is 0 Å². The molecule has 1 aromatic rings. The number of hydrogen-bond acceptors (Lipinski definition) is 2. The summed E-state index contributed by atoms with van der Waals surface area (Å²) in [6.45, 7) is 8.26. The lowest BCUT2D eigenvalue weighted by molar-refractivity contribution is 0.281. The third kappa shape index (κ3) is 2.63. The first-order chi connectivity index (χ1) is 8.11. The van der Waals surface area contributed by atoms with E-state index in [1.807, 2.05) is 12.1 Å². The third-order valence-electron chi connectivity index (χ3n) is 4.05. The number of piperidine rings is 1. The van der Waals surface area contributed by atoms with Crippen LogP contribution in [-0.2, 0) is 6.61 Å². The van der Waals surface area contributed by atoms with E-state index in [9.17, 15) is 0 Å². The monoisotopic (exact) mass is 233 g/mol. The standard InChI is InChI=1S/C15H23NO/c1-11-8-12(2)13(3)16(9-11)15-6-4-14(10-17)5-7-15/h4-7,11-13,17H,8-10H2,1-3H3. The predicted octanol–water partition coefficient (Wildman–Crippen LogP) is 3.05.